The third-order valence-corrected chi connectivity index (χ3v) is 1.67. The van der Waals surface area contributed by atoms with Gasteiger partial charge in [-0.15, -0.1) is 0 Å². The molecule has 0 atom stereocenters. The van der Waals surface area contributed by atoms with Gasteiger partial charge in [-0.2, -0.15) is 0 Å². The molecule has 0 aromatic heterocycles. The number of rotatable bonds is 7. The quantitative estimate of drug-likeness (QED) is 0.452. The van der Waals surface area contributed by atoms with Crippen molar-refractivity contribution < 1.29 is 0 Å². The summed E-state index contributed by atoms with van der Waals surface area (Å²) in [6.45, 7) is 3.28. The second kappa shape index (κ2) is 8.89. The van der Waals surface area contributed by atoms with Gasteiger partial charge in [-0.1, -0.05) is 44.8 Å². The summed E-state index contributed by atoms with van der Waals surface area (Å²) >= 11 is 4.62. The molecule has 0 radical (unpaired) electrons. The third kappa shape index (κ3) is 7.89. The number of unbranched alkanes of at least 4 members (excludes halogenated alkanes) is 4. The molecular weight excluding hydrogens is 142 g/mol. The zero-order chi connectivity index (χ0) is 7.66. The van der Waals surface area contributed by atoms with Crippen molar-refractivity contribution in [2.75, 3.05) is 6.54 Å². The summed E-state index contributed by atoms with van der Waals surface area (Å²) < 4.78 is 0. The summed E-state index contributed by atoms with van der Waals surface area (Å²) in [5, 5.41) is 3.01. The minimum atomic E-state index is 1.05. The van der Waals surface area contributed by atoms with E-state index in [-0.39, 0.29) is 0 Å². The smallest absolute Gasteiger partial charge is 0.0614 e. The number of thiocarbonyl (C=S) groups is 1. The van der Waals surface area contributed by atoms with Crippen LogP contribution in [0.4, 0.5) is 0 Å². The maximum absolute atomic E-state index is 4.62. The highest BCUT2D eigenvalue weighted by molar-refractivity contribution is 7.78. The van der Waals surface area contributed by atoms with Gasteiger partial charge in [-0.25, -0.2) is 0 Å². The molecule has 1 nitrogen and oxygen atoms in total. The maximum atomic E-state index is 4.62. The van der Waals surface area contributed by atoms with Gasteiger partial charge in [0.15, 0.2) is 0 Å². The molecule has 0 saturated heterocycles. The summed E-state index contributed by atoms with van der Waals surface area (Å²) in [6, 6.07) is 0. The zero-order valence-electron chi connectivity index (χ0n) is 6.73. The normalized spacial score (nSPS) is 9.30. The minimum Gasteiger partial charge on any atom is -0.382 e. The Kier molecular flexibility index (Phi) is 8.79. The first-order valence-electron chi connectivity index (χ1n) is 4.09. The molecule has 0 spiro atoms. The van der Waals surface area contributed by atoms with Crippen LogP contribution in [0.5, 0.6) is 0 Å². The van der Waals surface area contributed by atoms with Crippen LogP contribution in [0, 0.1) is 0 Å². The summed E-state index contributed by atoms with van der Waals surface area (Å²) in [4.78, 5) is 0. The fraction of sp³-hybridized carbons (Fsp3) is 0.875. The van der Waals surface area contributed by atoms with Crippen molar-refractivity contribution >= 4 is 17.7 Å². The Morgan fingerprint density at radius 3 is 2.50 bits per heavy atom. The average Bonchev–Trinajstić information content (AvgIpc) is 1.97. The lowest BCUT2D eigenvalue weighted by Crippen LogP contribution is -2.10. The minimum absolute atomic E-state index is 1.05. The molecule has 0 aliphatic heterocycles. The van der Waals surface area contributed by atoms with Crippen LogP contribution in [0.15, 0.2) is 0 Å². The van der Waals surface area contributed by atoms with Crippen molar-refractivity contribution in [2.24, 2.45) is 0 Å². The van der Waals surface area contributed by atoms with E-state index in [4.69, 9.17) is 0 Å². The largest absolute Gasteiger partial charge is 0.382 e. The predicted molar refractivity (Wildman–Crippen MR) is 50.4 cm³/mol. The molecule has 0 saturated carbocycles. The highest BCUT2D eigenvalue weighted by Crippen LogP contribution is 2.00. The Morgan fingerprint density at radius 2 is 1.90 bits per heavy atom. The first-order chi connectivity index (χ1) is 4.91. The summed E-state index contributed by atoms with van der Waals surface area (Å²) in [6.07, 6.45) is 6.66. The van der Waals surface area contributed by atoms with Crippen LogP contribution >= 0.6 is 12.2 Å². The van der Waals surface area contributed by atoms with Gasteiger partial charge in [0, 0.05) is 6.54 Å². The highest BCUT2D eigenvalue weighted by atomic mass is 32.1. The first-order valence-corrected chi connectivity index (χ1v) is 4.56. The average molecular weight is 159 g/mol. The van der Waals surface area contributed by atoms with Crippen molar-refractivity contribution in [3.63, 3.8) is 0 Å². The van der Waals surface area contributed by atoms with Crippen LogP contribution in [0.1, 0.15) is 39.0 Å². The Bertz CT molecular complexity index is 73.7. The molecule has 60 valence electrons. The summed E-state index contributed by atoms with van der Waals surface area (Å²) in [7, 11) is 0. The fourth-order valence-electron chi connectivity index (χ4n) is 0.890. The van der Waals surface area contributed by atoms with Crippen LogP contribution in [-0.2, 0) is 0 Å². The van der Waals surface area contributed by atoms with E-state index in [1.165, 1.54) is 32.1 Å². The van der Waals surface area contributed by atoms with E-state index in [2.05, 4.69) is 24.5 Å². The molecule has 0 aromatic carbocycles. The molecule has 0 rings (SSSR count). The molecule has 0 fully saturated rings. The van der Waals surface area contributed by atoms with Crippen molar-refractivity contribution in [1.29, 1.82) is 0 Å². The molecule has 10 heavy (non-hydrogen) atoms. The van der Waals surface area contributed by atoms with E-state index in [0.717, 1.165) is 6.54 Å². The summed E-state index contributed by atoms with van der Waals surface area (Å²) in [5.74, 6) is 0. The number of hydrogen-bond acceptors (Lipinski definition) is 1. The lowest BCUT2D eigenvalue weighted by atomic mass is 10.1. The zero-order valence-corrected chi connectivity index (χ0v) is 7.54. The van der Waals surface area contributed by atoms with E-state index < -0.39 is 0 Å². The lowest BCUT2D eigenvalue weighted by Gasteiger charge is -1.98. The Hall–Kier alpha value is -0.110. The van der Waals surface area contributed by atoms with Crippen LogP contribution < -0.4 is 5.32 Å². The standard InChI is InChI=1S/C8H17NS/c1-2-3-4-5-6-7-9-8-10/h8H,2-7H2,1H3,(H,9,10). The van der Waals surface area contributed by atoms with Gasteiger partial charge in [0.25, 0.3) is 0 Å². The van der Waals surface area contributed by atoms with E-state index >= 15 is 0 Å². The van der Waals surface area contributed by atoms with E-state index in [1.807, 2.05) is 0 Å². The molecule has 1 N–H and O–H groups in total. The second-order valence-electron chi connectivity index (χ2n) is 2.49. The van der Waals surface area contributed by atoms with Crippen molar-refractivity contribution in [3.8, 4) is 0 Å². The van der Waals surface area contributed by atoms with E-state index in [9.17, 15) is 0 Å². The predicted octanol–water partition coefficient (Wildman–Crippen LogP) is 2.50. The molecule has 0 unspecified atom stereocenters. The first kappa shape index (κ1) is 9.89. The van der Waals surface area contributed by atoms with Crippen molar-refractivity contribution in [3.05, 3.63) is 0 Å². The molecule has 0 aromatic rings. The molecule has 2 heteroatoms. The molecule has 0 heterocycles. The van der Waals surface area contributed by atoms with Gasteiger partial charge in [0.05, 0.1) is 5.49 Å². The van der Waals surface area contributed by atoms with Crippen molar-refractivity contribution in [1.82, 2.24) is 5.32 Å². The Balaban J connectivity index is 2.70. The maximum Gasteiger partial charge on any atom is 0.0614 e. The van der Waals surface area contributed by atoms with Crippen molar-refractivity contribution in [2.45, 2.75) is 39.0 Å². The molecule has 0 amide bonds. The lowest BCUT2D eigenvalue weighted by molar-refractivity contribution is 0.627. The Labute approximate surface area is 69.2 Å². The van der Waals surface area contributed by atoms with Crippen LogP contribution in [0.25, 0.3) is 0 Å². The van der Waals surface area contributed by atoms with Crippen LogP contribution in [0.2, 0.25) is 0 Å². The molecule has 0 aliphatic rings. The molecule has 0 bridgehead atoms. The van der Waals surface area contributed by atoms with E-state index in [0.29, 0.717) is 0 Å². The highest BCUT2D eigenvalue weighted by Gasteiger charge is 1.85. The van der Waals surface area contributed by atoms with Gasteiger partial charge in [-0.05, 0) is 6.42 Å². The second-order valence-corrected chi connectivity index (χ2v) is 2.72. The monoisotopic (exact) mass is 159 g/mol. The fourth-order valence-corrected chi connectivity index (χ4v) is 1.01. The topological polar surface area (TPSA) is 12.0 Å². The number of hydrogen-bond donors (Lipinski definition) is 1. The van der Waals surface area contributed by atoms with Gasteiger partial charge >= 0.3 is 0 Å². The van der Waals surface area contributed by atoms with Gasteiger partial charge in [0.1, 0.15) is 0 Å². The molecular formula is C8H17NS. The van der Waals surface area contributed by atoms with Gasteiger partial charge in [0.2, 0.25) is 0 Å². The van der Waals surface area contributed by atoms with Gasteiger partial charge < -0.3 is 5.32 Å². The van der Waals surface area contributed by atoms with Crippen LogP contribution in [-0.4, -0.2) is 12.0 Å². The Morgan fingerprint density at radius 1 is 1.20 bits per heavy atom. The van der Waals surface area contributed by atoms with Gasteiger partial charge in [-0.3, -0.25) is 0 Å². The third-order valence-electron chi connectivity index (χ3n) is 1.51. The number of nitrogens with one attached hydrogen (secondary N) is 1. The summed E-state index contributed by atoms with van der Waals surface area (Å²) in [5.41, 5.74) is 1.60. The molecule has 0 aliphatic carbocycles. The SMILES string of the molecule is CCCCCCCNC=S. The van der Waals surface area contributed by atoms with Crippen LogP contribution in [0.3, 0.4) is 0 Å². The van der Waals surface area contributed by atoms with E-state index in [1.54, 1.807) is 5.49 Å².